The Morgan fingerprint density at radius 3 is 2.84 bits per heavy atom. The van der Waals surface area contributed by atoms with E-state index in [1.165, 1.54) is 0 Å². The van der Waals surface area contributed by atoms with Gasteiger partial charge in [-0.15, -0.1) is 0 Å². The van der Waals surface area contributed by atoms with Crippen LogP contribution in [0, 0.1) is 0 Å². The molecule has 1 aromatic carbocycles. The minimum atomic E-state index is -0.171. The van der Waals surface area contributed by atoms with Gasteiger partial charge in [-0.25, -0.2) is 9.67 Å². The lowest BCUT2D eigenvalue weighted by Crippen LogP contribution is -2.29. The number of nitrogens with zero attached hydrogens (tertiary/aromatic N) is 4. The Morgan fingerprint density at radius 1 is 1.20 bits per heavy atom. The molecule has 0 unspecified atom stereocenters. The van der Waals surface area contributed by atoms with Gasteiger partial charge in [0.1, 0.15) is 5.75 Å². The molecule has 2 N–H and O–H groups in total. The Morgan fingerprint density at radius 2 is 2.04 bits per heavy atom. The maximum Gasteiger partial charge on any atom is 0.224 e. The van der Waals surface area contributed by atoms with Crippen LogP contribution < -0.4 is 10.1 Å². The van der Waals surface area contributed by atoms with E-state index in [0.717, 1.165) is 42.3 Å². The van der Waals surface area contributed by atoms with Crippen molar-refractivity contribution in [2.24, 2.45) is 0 Å². The number of fused-ring (bicyclic) bond motifs is 1. The first-order chi connectivity index (χ1) is 12.2. The van der Waals surface area contributed by atoms with Crippen molar-refractivity contribution in [3.05, 3.63) is 36.7 Å². The molecule has 1 aliphatic rings. The second kappa shape index (κ2) is 6.68. The fourth-order valence-electron chi connectivity index (χ4n) is 3.32. The van der Waals surface area contributed by atoms with Crippen LogP contribution in [-0.4, -0.2) is 44.1 Å². The Kier molecular flexibility index (Phi) is 4.23. The van der Waals surface area contributed by atoms with Crippen molar-refractivity contribution < 1.29 is 9.84 Å². The normalized spacial score (nSPS) is 20.6. The third-order valence-corrected chi connectivity index (χ3v) is 4.68. The molecule has 2 aromatic heterocycles. The van der Waals surface area contributed by atoms with Gasteiger partial charge >= 0.3 is 0 Å². The Labute approximate surface area is 145 Å². The lowest BCUT2D eigenvalue weighted by atomic mass is 9.93. The highest BCUT2D eigenvalue weighted by atomic mass is 16.5. The molecule has 1 saturated carbocycles. The maximum absolute atomic E-state index is 9.62. The molecule has 1 aliphatic carbocycles. The number of methoxy groups -OCH3 is 1. The summed E-state index contributed by atoms with van der Waals surface area (Å²) in [5.74, 6) is 2.08. The molecule has 7 heteroatoms. The van der Waals surface area contributed by atoms with Crippen molar-refractivity contribution in [1.29, 1.82) is 0 Å². The third kappa shape index (κ3) is 3.15. The Hall–Kier alpha value is -2.67. The van der Waals surface area contributed by atoms with Gasteiger partial charge in [0.05, 0.1) is 30.3 Å². The highest BCUT2D eigenvalue weighted by Gasteiger charge is 2.20. The second-order valence-electron chi connectivity index (χ2n) is 6.34. The highest BCUT2D eigenvalue weighted by molar-refractivity contribution is 5.86. The van der Waals surface area contributed by atoms with Crippen LogP contribution in [0.4, 0.5) is 5.95 Å². The topological polar surface area (TPSA) is 85.1 Å². The Bertz CT molecular complexity index is 871. The number of anilines is 1. The first kappa shape index (κ1) is 15.8. The number of rotatable bonds is 4. The van der Waals surface area contributed by atoms with Crippen LogP contribution >= 0.6 is 0 Å². The van der Waals surface area contributed by atoms with Crippen LogP contribution in [0.15, 0.2) is 36.7 Å². The summed E-state index contributed by atoms with van der Waals surface area (Å²) in [5.41, 5.74) is 0.935. The summed E-state index contributed by atoms with van der Waals surface area (Å²) in [5, 5.41) is 18.4. The highest BCUT2D eigenvalue weighted by Crippen LogP contribution is 2.26. The summed E-state index contributed by atoms with van der Waals surface area (Å²) in [7, 11) is 1.65. The van der Waals surface area contributed by atoms with Crippen molar-refractivity contribution in [2.75, 3.05) is 12.4 Å². The lowest BCUT2D eigenvalue weighted by Gasteiger charge is -2.26. The predicted molar refractivity (Wildman–Crippen MR) is 95.1 cm³/mol. The van der Waals surface area contributed by atoms with E-state index in [-0.39, 0.29) is 6.10 Å². The zero-order valence-electron chi connectivity index (χ0n) is 14.1. The lowest BCUT2D eigenvalue weighted by molar-refractivity contribution is 0.126. The van der Waals surface area contributed by atoms with Crippen molar-refractivity contribution in [1.82, 2.24) is 19.7 Å². The van der Waals surface area contributed by atoms with Crippen molar-refractivity contribution >= 4 is 16.9 Å². The zero-order chi connectivity index (χ0) is 17.2. The van der Waals surface area contributed by atoms with Gasteiger partial charge in [0.2, 0.25) is 5.95 Å². The zero-order valence-corrected chi connectivity index (χ0v) is 14.1. The van der Waals surface area contributed by atoms with Gasteiger partial charge in [-0.05, 0) is 37.8 Å². The van der Waals surface area contributed by atoms with E-state index in [1.807, 2.05) is 24.3 Å². The SMILES string of the molecule is COc1cccc2c1cnn2-c1ccnc(NC2CCC(O)CC2)n1. The molecule has 130 valence electrons. The van der Waals surface area contributed by atoms with Crippen molar-refractivity contribution in [2.45, 2.75) is 37.8 Å². The standard InChI is InChI=1S/C18H21N5O2/c1-25-16-4-2-3-15-14(16)11-20-23(15)17-9-10-19-18(22-17)21-12-5-7-13(24)8-6-12/h2-4,9-13,24H,5-8H2,1H3,(H,19,21,22). The molecule has 0 radical (unpaired) electrons. The molecule has 0 atom stereocenters. The van der Waals surface area contributed by atoms with Gasteiger partial charge in [-0.1, -0.05) is 6.07 Å². The van der Waals surface area contributed by atoms with E-state index in [2.05, 4.69) is 20.4 Å². The van der Waals surface area contributed by atoms with Crippen molar-refractivity contribution in [3.8, 4) is 11.6 Å². The van der Waals surface area contributed by atoms with Crippen LogP contribution in [0.2, 0.25) is 0 Å². The Balaban J connectivity index is 1.61. The average molecular weight is 339 g/mol. The van der Waals surface area contributed by atoms with Crippen molar-refractivity contribution in [3.63, 3.8) is 0 Å². The van der Waals surface area contributed by atoms with E-state index >= 15 is 0 Å². The van der Waals surface area contributed by atoms with Crippen LogP contribution in [0.5, 0.6) is 5.75 Å². The quantitative estimate of drug-likeness (QED) is 0.760. The minimum absolute atomic E-state index is 0.171. The van der Waals surface area contributed by atoms with E-state index in [1.54, 1.807) is 24.2 Å². The average Bonchev–Trinajstić information content (AvgIpc) is 3.08. The van der Waals surface area contributed by atoms with Crippen LogP contribution in [0.1, 0.15) is 25.7 Å². The summed E-state index contributed by atoms with van der Waals surface area (Å²) in [4.78, 5) is 8.93. The third-order valence-electron chi connectivity index (χ3n) is 4.68. The number of benzene rings is 1. The molecule has 3 aromatic rings. The molecule has 0 spiro atoms. The van der Waals surface area contributed by atoms with Gasteiger partial charge in [0, 0.05) is 18.3 Å². The van der Waals surface area contributed by atoms with E-state index < -0.39 is 0 Å². The first-order valence-corrected chi connectivity index (χ1v) is 8.53. The summed E-state index contributed by atoms with van der Waals surface area (Å²) in [6, 6.07) is 7.98. The summed E-state index contributed by atoms with van der Waals surface area (Å²) in [6.07, 6.45) is 6.84. The number of ether oxygens (including phenoxy) is 1. The summed E-state index contributed by atoms with van der Waals surface area (Å²) < 4.78 is 7.18. The predicted octanol–water partition coefficient (Wildman–Crippen LogP) is 2.54. The first-order valence-electron chi connectivity index (χ1n) is 8.53. The van der Waals surface area contributed by atoms with Crippen LogP contribution in [-0.2, 0) is 0 Å². The van der Waals surface area contributed by atoms with Crippen LogP contribution in [0.25, 0.3) is 16.7 Å². The smallest absolute Gasteiger partial charge is 0.224 e. The molecule has 0 saturated heterocycles. The van der Waals surface area contributed by atoms with Crippen LogP contribution in [0.3, 0.4) is 0 Å². The number of aromatic nitrogens is 4. The van der Waals surface area contributed by atoms with E-state index in [4.69, 9.17) is 4.74 Å². The fourth-order valence-corrected chi connectivity index (χ4v) is 3.32. The summed E-state index contributed by atoms with van der Waals surface area (Å²) >= 11 is 0. The van der Waals surface area contributed by atoms with Gasteiger partial charge < -0.3 is 15.2 Å². The van der Waals surface area contributed by atoms with Gasteiger partial charge in [0.25, 0.3) is 0 Å². The fraction of sp³-hybridized carbons (Fsp3) is 0.389. The summed E-state index contributed by atoms with van der Waals surface area (Å²) in [6.45, 7) is 0. The molecule has 0 bridgehead atoms. The largest absolute Gasteiger partial charge is 0.496 e. The molecule has 25 heavy (non-hydrogen) atoms. The van der Waals surface area contributed by atoms with Gasteiger partial charge in [0.15, 0.2) is 5.82 Å². The molecule has 0 amide bonds. The molecule has 1 fully saturated rings. The monoisotopic (exact) mass is 339 g/mol. The minimum Gasteiger partial charge on any atom is -0.496 e. The maximum atomic E-state index is 9.62. The van der Waals surface area contributed by atoms with E-state index in [9.17, 15) is 5.11 Å². The number of aliphatic hydroxyl groups excluding tert-OH is 1. The number of aliphatic hydroxyl groups is 1. The number of hydrogen-bond donors (Lipinski definition) is 2. The van der Waals surface area contributed by atoms with Gasteiger partial charge in [-0.3, -0.25) is 0 Å². The molecule has 2 heterocycles. The molecular weight excluding hydrogens is 318 g/mol. The molecule has 0 aliphatic heterocycles. The van der Waals surface area contributed by atoms with E-state index in [0.29, 0.717) is 17.8 Å². The molecule has 7 nitrogen and oxygen atoms in total. The molecule has 4 rings (SSSR count). The number of hydrogen-bond acceptors (Lipinski definition) is 6. The second-order valence-corrected chi connectivity index (χ2v) is 6.34. The number of nitrogens with one attached hydrogen (secondary N) is 1. The molecular formula is C18H21N5O2. The van der Waals surface area contributed by atoms with Gasteiger partial charge in [-0.2, -0.15) is 10.1 Å².